The average molecular weight is 387 g/mol. The molecule has 0 aliphatic carbocycles. The maximum atomic E-state index is 11.7. The molecule has 0 spiro atoms. The lowest BCUT2D eigenvalue weighted by molar-refractivity contribution is -0.0367. The first kappa shape index (κ1) is 15.3. The van der Waals surface area contributed by atoms with Crippen LogP contribution < -0.4 is 0 Å². The fourth-order valence-electron chi connectivity index (χ4n) is 0.302. The van der Waals surface area contributed by atoms with Crippen molar-refractivity contribution in [3.63, 3.8) is 0 Å². The normalized spacial score (nSPS) is 13.5. The van der Waals surface area contributed by atoms with Gasteiger partial charge in [0, 0.05) is 23.9 Å². The molecule has 0 radical (unpaired) electrons. The van der Waals surface area contributed by atoms with E-state index in [2.05, 4.69) is 31.5 Å². The van der Waals surface area contributed by atoms with E-state index in [0.29, 0.717) is 0 Å². The summed E-state index contributed by atoms with van der Waals surface area (Å²) < 4.78 is 69.2. The van der Waals surface area contributed by atoms with Gasteiger partial charge in [0.1, 0.15) is 0 Å². The Balaban J connectivity index is 4.32. The maximum Gasteiger partial charge on any atom is 0.456 e. The van der Waals surface area contributed by atoms with E-state index in [1.165, 1.54) is 0 Å². The molecule has 0 aliphatic heterocycles. The van der Waals surface area contributed by atoms with E-state index in [1.54, 1.807) is 0 Å². The van der Waals surface area contributed by atoms with Crippen molar-refractivity contribution in [1.29, 1.82) is 0 Å². The SMILES string of the molecule is FC(F)(F)SN(SC(F)(F)F)B(Br)Br. The van der Waals surface area contributed by atoms with Crippen LogP contribution in [0, 0.1) is 0 Å². The van der Waals surface area contributed by atoms with E-state index in [-0.39, 0.29) is 3.62 Å². The average Bonchev–Trinajstić information content (AvgIpc) is 1.78. The maximum absolute atomic E-state index is 11.7. The fraction of sp³-hybridized carbons (Fsp3) is 1.00. The third-order valence-corrected chi connectivity index (χ3v) is 4.09. The van der Waals surface area contributed by atoms with Crippen LogP contribution >= 0.6 is 55.4 Å². The van der Waals surface area contributed by atoms with E-state index in [1.807, 2.05) is 0 Å². The zero-order chi connectivity index (χ0) is 11.6. The lowest BCUT2D eigenvalue weighted by Gasteiger charge is -2.21. The molecule has 0 atom stereocenters. The van der Waals surface area contributed by atoms with E-state index in [4.69, 9.17) is 0 Å². The molecule has 0 fully saturated rings. The van der Waals surface area contributed by atoms with Crippen LogP contribution in [0.15, 0.2) is 0 Å². The molecule has 0 aromatic heterocycles. The van der Waals surface area contributed by atoms with Crippen molar-refractivity contribution in [2.45, 2.75) is 11.0 Å². The molecule has 0 rings (SSSR count). The predicted molar refractivity (Wildman–Crippen MR) is 52.7 cm³/mol. The minimum Gasteiger partial charge on any atom is -0.196 e. The Morgan fingerprint density at radius 1 is 0.857 bits per heavy atom. The minimum absolute atomic E-state index is 0.000000000000000222. The molecular formula is C2BBr2F6NS2. The van der Waals surface area contributed by atoms with Gasteiger partial charge in [0.25, 0.3) is 0 Å². The van der Waals surface area contributed by atoms with Crippen LogP contribution in [-0.4, -0.2) is 19.1 Å². The molecular weight excluding hydrogens is 387 g/mol. The molecule has 0 amide bonds. The number of hydrogen-bond acceptors (Lipinski definition) is 3. The van der Waals surface area contributed by atoms with Crippen molar-refractivity contribution in [2.24, 2.45) is 0 Å². The summed E-state index contributed by atoms with van der Waals surface area (Å²) in [5.74, 6) is 0. The number of alkyl halides is 6. The largest absolute Gasteiger partial charge is 0.456 e. The monoisotopic (exact) mass is 385 g/mol. The second-order valence-corrected chi connectivity index (χ2v) is 6.91. The van der Waals surface area contributed by atoms with Gasteiger partial charge in [-0.25, -0.2) is 0 Å². The smallest absolute Gasteiger partial charge is 0.196 e. The van der Waals surface area contributed by atoms with Crippen LogP contribution in [0.1, 0.15) is 0 Å². The van der Waals surface area contributed by atoms with E-state index < -0.39 is 39.4 Å². The summed E-state index contributed by atoms with van der Waals surface area (Å²) >= 11 is 3.33. The highest BCUT2D eigenvalue weighted by Crippen LogP contribution is 2.45. The molecule has 0 saturated carbocycles. The van der Waals surface area contributed by atoms with Crippen LogP contribution in [0.4, 0.5) is 26.3 Å². The van der Waals surface area contributed by atoms with Crippen LogP contribution in [0.25, 0.3) is 0 Å². The first-order chi connectivity index (χ1) is 6.01. The molecule has 1 nitrogen and oxygen atoms in total. The summed E-state index contributed by atoms with van der Waals surface area (Å²) in [5, 5.41) is 0. The number of hydrogen-bond donors (Lipinski definition) is 0. The Morgan fingerprint density at radius 2 is 1.14 bits per heavy atom. The van der Waals surface area contributed by atoms with Crippen molar-refractivity contribution in [3.8, 4) is 0 Å². The molecule has 0 unspecified atom stereocenters. The number of rotatable bonds is 3. The van der Waals surface area contributed by atoms with Gasteiger partial charge in [-0.3, -0.25) is 0 Å². The molecule has 12 heteroatoms. The van der Waals surface area contributed by atoms with Crippen LogP contribution in [-0.2, 0) is 0 Å². The Kier molecular flexibility index (Phi) is 6.05. The van der Waals surface area contributed by atoms with Gasteiger partial charge in [-0.15, -0.1) is 31.5 Å². The third kappa shape index (κ3) is 8.56. The van der Waals surface area contributed by atoms with Gasteiger partial charge >= 0.3 is 15.5 Å². The molecule has 0 saturated heterocycles. The van der Waals surface area contributed by atoms with Crippen LogP contribution in [0.5, 0.6) is 0 Å². The number of nitrogens with zero attached hydrogens (tertiary/aromatic N) is 1. The Labute approximate surface area is 101 Å². The Hall–Kier alpha value is 1.26. The van der Waals surface area contributed by atoms with Crippen LogP contribution in [0.3, 0.4) is 0 Å². The van der Waals surface area contributed by atoms with Crippen molar-refractivity contribution >= 4 is 59.9 Å². The molecule has 0 heterocycles. The number of halogens is 8. The summed E-state index contributed by atoms with van der Waals surface area (Å²) in [4.78, 5) is 0. The quantitative estimate of drug-likeness (QED) is 0.402. The van der Waals surface area contributed by atoms with Gasteiger partial charge in [-0.1, -0.05) is 0 Å². The first-order valence-corrected chi connectivity index (χ1v) is 5.98. The molecule has 0 aromatic carbocycles. The summed E-state index contributed by atoms with van der Waals surface area (Å²) in [6.45, 7) is 0. The minimum atomic E-state index is -4.77. The molecule has 0 aliphatic rings. The van der Waals surface area contributed by atoms with E-state index in [0.717, 1.165) is 0 Å². The van der Waals surface area contributed by atoms with Gasteiger partial charge < -0.3 is 0 Å². The Morgan fingerprint density at radius 3 is 1.29 bits per heavy atom. The lowest BCUT2D eigenvalue weighted by atomic mass is 10.5. The molecule has 84 valence electrons. The highest BCUT2D eigenvalue weighted by Gasteiger charge is 2.42. The summed E-state index contributed by atoms with van der Waals surface area (Å²) in [6.07, 6.45) is 0. The van der Waals surface area contributed by atoms with Crippen molar-refractivity contribution in [1.82, 2.24) is 3.62 Å². The highest BCUT2D eigenvalue weighted by atomic mass is 79.9. The van der Waals surface area contributed by atoms with Crippen molar-refractivity contribution < 1.29 is 26.3 Å². The van der Waals surface area contributed by atoms with Gasteiger partial charge in [-0.2, -0.15) is 30.0 Å². The van der Waals surface area contributed by atoms with Gasteiger partial charge in [0.15, 0.2) is 0 Å². The van der Waals surface area contributed by atoms with Gasteiger partial charge in [0.2, 0.25) is 0 Å². The second kappa shape index (κ2) is 5.55. The zero-order valence-corrected chi connectivity index (χ0v) is 10.7. The zero-order valence-electron chi connectivity index (χ0n) is 5.86. The molecule has 0 aromatic rings. The standard InChI is InChI=1S/C2BBr2F6NS2/c4-3(5)12(13-1(6,7)8)14-2(9,10)11. The van der Waals surface area contributed by atoms with E-state index >= 15 is 0 Å². The van der Waals surface area contributed by atoms with Crippen molar-refractivity contribution in [2.75, 3.05) is 0 Å². The summed E-state index contributed by atoms with van der Waals surface area (Å²) in [7, 11) is 0. The topological polar surface area (TPSA) is 3.24 Å². The predicted octanol–water partition coefficient (Wildman–Crippen LogP) is 4.40. The van der Waals surface area contributed by atoms with Crippen LogP contribution in [0.2, 0.25) is 0 Å². The fourth-order valence-corrected chi connectivity index (χ4v) is 2.53. The first-order valence-electron chi connectivity index (χ1n) is 2.60. The lowest BCUT2D eigenvalue weighted by Crippen LogP contribution is -2.25. The summed E-state index contributed by atoms with van der Waals surface area (Å²) in [6, 6.07) is 0. The molecule has 0 N–H and O–H groups in total. The van der Waals surface area contributed by atoms with Gasteiger partial charge in [0.05, 0.1) is 0 Å². The summed E-state index contributed by atoms with van der Waals surface area (Å²) in [5.41, 5.74) is -9.53. The molecule has 0 bridgehead atoms. The van der Waals surface area contributed by atoms with E-state index in [9.17, 15) is 26.3 Å². The second-order valence-electron chi connectivity index (χ2n) is 1.64. The van der Waals surface area contributed by atoms with Gasteiger partial charge in [-0.05, 0) is 0 Å². The highest BCUT2D eigenvalue weighted by molar-refractivity contribution is 9.49. The van der Waals surface area contributed by atoms with Crippen molar-refractivity contribution in [3.05, 3.63) is 0 Å². The third-order valence-electron chi connectivity index (χ3n) is 0.546. The Bertz CT molecular complexity index is 168. The molecule has 14 heavy (non-hydrogen) atoms.